The number of H-pyrrole nitrogens is 1. The Morgan fingerprint density at radius 1 is 0.949 bits per heavy atom. The van der Waals surface area contributed by atoms with Crippen LogP contribution in [-0.4, -0.2) is 46.4 Å². The van der Waals surface area contributed by atoms with Crippen LogP contribution in [0.25, 0.3) is 22.3 Å². The van der Waals surface area contributed by atoms with E-state index < -0.39 is 17.9 Å². The molecule has 0 spiro atoms. The van der Waals surface area contributed by atoms with Gasteiger partial charge in [-0.1, -0.05) is 36.4 Å². The molecule has 6 N–H and O–H groups in total. The molecule has 0 aliphatic heterocycles. The fraction of sp³-hybridized carbons (Fsp3) is 0.103. The largest absolute Gasteiger partial charge is 0.357 e. The molecule has 0 saturated carbocycles. The van der Waals surface area contributed by atoms with Gasteiger partial charge in [-0.05, 0) is 54.6 Å². The number of carbonyl (C=O) groups excluding carboxylic acids is 2. The average Bonchev–Trinajstić information content (AvgIpc) is 3.43. The van der Waals surface area contributed by atoms with E-state index in [9.17, 15) is 9.59 Å². The number of amides is 2. The number of benzene rings is 3. The predicted octanol–water partition coefficient (Wildman–Crippen LogP) is 3.59. The molecule has 3 aromatic carbocycles. The number of hydrogen-bond acceptors (Lipinski definition) is 7. The van der Waals surface area contributed by atoms with E-state index in [4.69, 9.17) is 5.84 Å². The first-order chi connectivity index (χ1) is 19.1. The number of hydrogen-bond donors (Lipinski definition) is 5. The molecule has 0 fully saturated rings. The number of nitrogens with zero attached hydrogens (tertiary/aromatic N) is 3. The molecule has 10 nitrogen and oxygen atoms in total. The minimum Gasteiger partial charge on any atom is -0.357 e. The lowest BCUT2D eigenvalue weighted by Gasteiger charge is -2.29. The number of aromatic amines is 1. The normalized spacial score (nSPS) is 11.5. The van der Waals surface area contributed by atoms with Gasteiger partial charge in [0, 0.05) is 41.1 Å². The molecule has 196 valence electrons. The highest BCUT2D eigenvalue weighted by Gasteiger charge is 2.25. The summed E-state index contributed by atoms with van der Waals surface area (Å²) in [5, 5.41) is 6.62. The van der Waals surface area contributed by atoms with Crippen LogP contribution < -0.4 is 26.8 Å². The number of aromatic nitrogens is 3. The first kappa shape index (κ1) is 25.4. The van der Waals surface area contributed by atoms with Crippen molar-refractivity contribution in [3.63, 3.8) is 0 Å². The molecule has 0 bridgehead atoms. The minimum atomic E-state index is -0.929. The molecule has 39 heavy (non-hydrogen) atoms. The van der Waals surface area contributed by atoms with Crippen molar-refractivity contribution < 1.29 is 9.59 Å². The van der Waals surface area contributed by atoms with Gasteiger partial charge in [-0.3, -0.25) is 15.0 Å². The standard InChI is InChI=1S/C29H28N8O2/c1-31-29-32-15-14-24(35-29)25-17-20-16-19(12-13-23(20)33-25)27(38)34-26(28(39)36-30)18-37(21-8-4-2-5-9-21)22-10-6-3-7-11-22/h2-17,26,33H,18,30H2,1H3,(H,34,38)(H,36,39)(H,31,32,35). The van der Waals surface area contributed by atoms with Crippen molar-refractivity contribution in [2.24, 2.45) is 5.84 Å². The summed E-state index contributed by atoms with van der Waals surface area (Å²) < 4.78 is 0. The molecule has 5 aromatic rings. The van der Waals surface area contributed by atoms with Crippen LogP contribution in [0.5, 0.6) is 0 Å². The maximum absolute atomic E-state index is 13.3. The quantitative estimate of drug-likeness (QED) is 0.114. The first-order valence-corrected chi connectivity index (χ1v) is 12.4. The molecule has 2 amide bonds. The van der Waals surface area contributed by atoms with Crippen molar-refractivity contribution >= 4 is 40.0 Å². The Kier molecular flexibility index (Phi) is 7.46. The summed E-state index contributed by atoms with van der Waals surface area (Å²) in [6.45, 7) is 0.168. The molecular weight excluding hydrogens is 492 g/mol. The van der Waals surface area contributed by atoms with Crippen molar-refractivity contribution in [3.05, 3.63) is 103 Å². The van der Waals surface area contributed by atoms with Crippen molar-refractivity contribution in [3.8, 4) is 11.4 Å². The van der Waals surface area contributed by atoms with Crippen LogP contribution in [0.15, 0.2) is 97.2 Å². The molecule has 10 heteroatoms. The number of fused-ring (bicyclic) bond motifs is 1. The van der Waals surface area contributed by atoms with Gasteiger partial charge in [0.1, 0.15) is 6.04 Å². The Bertz CT molecular complexity index is 1550. The van der Waals surface area contributed by atoms with Crippen LogP contribution in [0, 0.1) is 0 Å². The van der Waals surface area contributed by atoms with Gasteiger partial charge in [-0.25, -0.2) is 15.8 Å². The predicted molar refractivity (Wildman–Crippen MR) is 152 cm³/mol. The molecule has 0 aliphatic carbocycles. The Labute approximate surface area is 225 Å². The van der Waals surface area contributed by atoms with Gasteiger partial charge in [0.2, 0.25) is 5.95 Å². The van der Waals surface area contributed by atoms with Crippen LogP contribution in [0.4, 0.5) is 17.3 Å². The van der Waals surface area contributed by atoms with E-state index in [1.165, 1.54) is 0 Å². The van der Waals surface area contributed by atoms with Gasteiger partial charge in [0.25, 0.3) is 11.8 Å². The smallest absolute Gasteiger partial charge is 0.258 e. The van der Waals surface area contributed by atoms with E-state index >= 15 is 0 Å². The maximum atomic E-state index is 13.3. The first-order valence-electron chi connectivity index (χ1n) is 12.4. The van der Waals surface area contributed by atoms with E-state index in [2.05, 4.69) is 31.0 Å². The number of nitrogens with two attached hydrogens (primary N) is 1. The third kappa shape index (κ3) is 5.71. The Balaban J connectivity index is 1.40. The van der Waals surface area contributed by atoms with Gasteiger partial charge in [-0.2, -0.15) is 0 Å². The fourth-order valence-electron chi connectivity index (χ4n) is 4.34. The van der Waals surface area contributed by atoms with E-state index in [1.54, 1.807) is 31.4 Å². The lowest BCUT2D eigenvalue weighted by Crippen LogP contribution is -2.53. The molecule has 5 rings (SSSR count). The molecule has 1 unspecified atom stereocenters. The highest BCUT2D eigenvalue weighted by Crippen LogP contribution is 2.26. The summed E-state index contributed by atoms with van der Waals surface area (Å²) in [6, 6.07) is 27.4. The second kappa shape index (κ2) is 11.4. The summed E-state index contributed by atoms with van der Waals surface area (Å²) in [4.78, 5) is 40.0. The Morgan fingerprint density at radius 3 is 2.28 bits per heavy atom. The fourth-order valence-corrected chi connectivity index (χ4v) is 4.34. The Morgan fingerprint density at radius 2 is 1.64 bits per heavy atom. The number of rotatable bonds is 9. The van der Waals surface area contributed by atoms with Crippen LogP contribution in [0.2, 0.25) is 0 Å². The van der Waals surface area contributed by atoms with Crippen LogP contribution in [0.1, 0.15) is 10.4 Å². The summed E-state index contributed by atoms with van der Waals surface area (Å²) in [6.07, 6.45) is 1.68. The van der Waals surface area contributed by atoms with Crippen molar-refractivity contribution in [1.82, 2.24) is 25.7 Å². The summed E-state index contributed by atoms with van der Waals surface area (Å²) in [5.74, 6) is 5.12. The third-order valence-electron chi connectivity index (χ3n) is 6.30. The van der Waals surface area contributed by atoms with E-state index in [0.717, 1.165) is 33.7 Å². The van der Waals surface area contributed by atoms with Crippen LogP contribution in [0.3, 0.4) is 0 Å². The number of carbonyl (C=O) groups is 2. The second-order valence-electron chi connectivity index (χ2n) is 8.82. The molecular formula is C29H28N8O2. The van der Waals surface area contributed by atoms with Crippen LogP contribution in [-0.2, 0) is 4.79 Å². The van der Waals surface area contributed by atoms with Gasteiger partial charge >= 0.3 is 0 Å². The van der Waals surface area contributed by atoms with Crippen molar-refractivity contribution in [2.45, 2.75) is 6.04 Å². The topological polar surface area (TPSA) is 141 Å². The molecule has 0 radical (unpaired) electrons. The third-order valence-corrected chi connectivity index (χ3v) is 6.30. The average molecular weight is 521 g/mol. The number of anilines is 3. The number of nitrogens with one attached hydrogen (secondary N) is 4. The minimum absolute atomic E-state index is 0.168. The lowest BCUT2D eigenvalue weighted by molar-refractivity contribution is -0.122. The maximum Gasteiger partial charge on any atom is 0.258 e. The van der Waals surface area contributed by atoms with Gasteiger partial charge < -0.3 is 20.5 Å². The van der Waals surface area contributed by atoms with E-state index in [1.807, 2.05) is 77.7 Å². The number of hydrazine groups is 1. The summed E-state index contributed by atoms with van der Waals surface area (Å²) in [7, 11) is 1.76. The molecule has 2 heterocycles. The zero-order valence-corrected chi connectivity index (χ0v) is 21.3. The Hall–Kier alpha value is -5.22. The highest BCUT2D eigenvalue weighted by atomic mass is 16.2. The van der Waals surface area contributed by atoms with Gasteiger partial charge in [-0.15, -0.1) is 0 Å². The van der Waals surface area contributed by atoms with Gasteiger partial charge in [0.15, 0.2) is 0 Å². The molecule has 2 aromatic heterocycles. The molecule has 0 aliphatic rings. The lowest BCUT2D eigenvalue weighted by atomic mass is 10.1. The highest BCUT2D eigenvalue weighted by molar-refractivity contribution is 6.01. The van der Waals surface area contributed by atoms with Crippen LogP contribution >= 0.6 is 0 Å². The monoisotopic (exact) mass is 520 g/mol. The van der Waals surface area contributed by atoms with Crippen molar-refractivity contribution in [2.75, 3.05) is 23.8 Å². The van der Waals surface area contributed by atoms with E-state index in [-0.39, 0.29) is 6.54 Å². The molecule has 0 saturated heterocycles. The SMILES string of the molecule is CNc1nccc(-c2cc3cc(C(=O)NC(CN(c4ccccc4)c4ccccc4)C(=O)NN)ccc3[nH]2)n1. The molecule has 1 atom stereocenters. The zero-order valence-electron chi connectivity index (χ0n) is 21.3. The second-order valence-corrected chi connectivity index (χ2v) is 8.82. The van der Waals surface area contributed by atoms with Crippen molar-refractivity contribution in [1.29, 1.82) is 0 Å². The summed E-state index contributed by atoms with van der Waals surface area (Å²) >= 11 is 0. The van der Waals surface area contributed by atoms with Gasteiger partial charge in [0.05, 0.1) is 17.9 Å². The van der Waals surface area contributed by atoms with E-state index in [0.29, 0.717) is 11.5 Å². The number of para-hydroxylation sites is 2. The zero-order chi connectivity index (χ0) is 27.2. The summed E-state index contributed by atoms with van der Waals surface area (Å²) in [5.41, 5.74) is 6.71.